The molecule has 10 heteroatoms. The summed E-state index contributed by atoms with van der Waals surface area (Å²) in [5, 5.41) is 54.7. The smallest absolute Gasteiger partial charge is 0.122 e. The van der Waals surface area contributed by atoms with Crippen LogP contribution < -0.4 is 22.5 Å². The first-order chi connectivity index (χ1) is 6.29. The molecule has 0 aliphatic carbocycles. The Hall–Kier alpha value is -1.30. The number of hydrogen-bond acceptors (Lipinski definition) is 8. The third kappa shape index (κ3) is 4.97. The van der Waals surface area contributed by atoms with Crippen molar-refractivity contribution in [2.45, 2.75) is 24.4 Å². The molecule has 0 heterocycles. The maximum atomic E-state index is 9.96. The molecule has 0 aromatic carbocycles. The highest BCUT2D eigenvalue weighted by Gasteiger charge is 2.31. The van der Waals surface area contributed by atoms with Gasteiger partial charge in [-0.15, -0.1) is 0 Å². The largest absolute Gasteiger partial charge is 0.547 e. The number of carboxylic acid groups (broad SMARTS) is 2. The topological polar surface area (TPSA) is 234 Å². The summed E-state index contributed by atoms with van der Waals surface area (Å²) in [7, 11) is 0. The number of quaternary nitrogens is 2. The first-order valence-corrected chi connectivity index (χ1v) is 3.43. The van der Waals surface area contributed by atoms with Crippen molar-refractivity contribution in [1.82, 2.24) is 12.3 Å². The van der Waals surface area contributed by atoms with Gasteiger partial charge in [0.05, 0.1) is 11.9 Å². The third-order valence-corrected chi connectivity index (χ3v) is 1.48. The second-order valence-electron chi connectivity index (χ2n) is 2.51. The van der Waals surface area contributed by atoms with E-state index < -0.39 is 36.4 Å². The summed E-state index contributed by atoms with van der Waals surface area (Å²) in [4.78, 5) is 19.9. The molecule has 0 aromatic rings. The predicted molar refractivity (Wildman–Crippen MR) is 46.0 cm³/mol. The maximum absolute atomic E-state index is 9.96. The molecular weight excluding hydrogens is 229 g/mol. The molecule has 0 rings (SSSR count). The Morgan fingerprint density at radius 2 is 0.938 bits per heavy atom. The van der Waals surface area contributed by atoms with Gasteiger partial charge in [-0.05, 0) is 0 Å². The van der Waals surface area contributed by atoms with Crippen LogP contribution in [0.25, 0.3) is 0 Å². The molecule has 0 aliphatic rings. The molecule has 0 spiro atoms. The molecule has 0 radical (unpaired) electrons. The van der Waals surface area contributed by atoms with E-state index in [4.69, 9.17) is 20.4 Å². The van der Waals surface area contributed by atoms with Crippen molar-refractivity contribution in [3.8, 4) is 0 Å². The zero-order valence-corrected chi connectivity index (χ0v) is 8.73. The van der Waals surface area contributed by atoms with E-state index in [1.807, 2.05) is 0 Å². The fourth-order valence-electron chi connectivity index (χ4n) is 0.652. The molecule has 10 nitrogen and oxygen atoms in total. The molecule has 0 saturated heterocycles. The number of aliphatic hydroxyl groups excluding tert-OH is 4. The van der Waals surface area contributed by atoms with Crippen molar-refractivity contribution in [2.75, 3.05) is 0 Å². The van der Waals surface area contributed by atoms with Crippen LogP contribution in [0.4, 0.5) is 0 Å². The highest BCUT2D eigenvalue weighted by Crippen LogP contribution is 2.04. The van der Waals surface area contributed by atoms with Crippen molar-refractivity contribution in [2.24, 2.45) is 0 Å². The quantitative estimate of drug-likeness (QED) is 0.255. The van der Waals surface area contributed by atoms with Crippen LogP contribution in [0.15, 0.2) is 0 Å². The summed E-state index contributed by atoms with van der Waals surface area (Å²) >= 11 is 0. The monoisotopic (exact) mass is 245 g/mol. The lowest BCUT2D eigenvalue weighted by atomic mass is 10.1. The van der Waals surface area contributed by atoms with Crippen LogP contribution in [-0.4, -0.2) is 56.8 Å². The van der Waals surface area contributed by atoms with Gasteiger partial charge in [-0.25, -0.2) is 0 Å². The highest BCUT2D eigenvalue weighted by molar-refractivity contribution is 5.72. The van der Waals surface area contributed by atoms with E-state index in [0.717, 1.165) is 0 Å². The number of aliphatic carboxylic acids is 2. The van der Waals surface area contributed by atoms with Gasteiger partial charge < -0.3 is 52.5 Å². The van der Waals surface area contributed by atoms with Gasteiger partial charge in [-0.3, -0.25) is 0 Å². The number of rotatable bonds is 5. The van der Waals surface area contributed by atoms with Crippen LogP contribution in [-0.2, 0) is 9.59 Å². The molecule has 12 N–H and O–H groups in total. The Morgan fingerprint density at radius 3 is 1.06 bits per heavy atom. The summed E-state index contributed by atoms with van der Waals surface area (Å²) in [6.45, 7) is 0. The molecule has 0 bridgehead atoms. The van der Waals surface area contributed by atoms with Crippen LogP contribution in [0.1, 0.15) is 0 Å². The molecule has 0 saturated carbocycles. The predicted octanol–water partition coefficient (Wildman–Crippen LogP) is -5.32. The van der Waals surface area contributed by atoms with Gasteiger partial charge in [0.2, 0.25) is 0 Å². The molecule has 0 fully saturated rings. The maximum Gasteiger partial charge on any atom is 0.122 e. The van der Waals surface area contributed by atoms with Gasteiger partial charge in [0.1, 0.15) is 24.4 Å². The third-order valence-electron chi connectivity index (χ3n) is 1.48. The van der Waals surface area contributed by atoms with E-state index >= 15 is 0 Å². The number of carbonyl (C=O) groups is 2. The van der Waals surface area contributed by atoms with Crippen LogP contribution in [0.5, 0.6) is 0 Å². The van der Waals surface area contributed by atoms with Crippen LogP contribution in [0.3, 0.4) is 0 Å². The summed E-state index contributed by atoms with van der Waals surface area (Å²) < 4.78 is 0. The molecule has 0 aliphatic heterocycles. The molecule has 16 heavy (non-hydrogen) atoms. The number of hydrogen-bond donors (Lipinski definition) is 6. The van der Waals surface area contributed by atoms with Gasteiger partial charge in [-0.2, -0.15) is 0 Å². The molecule has 4 atom stereocenters. The Labute approximate surface area is 89.9 Å². The van der Waals surface area contributed by atoms with E-state index in [0.29, 0.717) is 0 Å². The van der Waals surface area contributed by atoms with Gasteiger partial charge in [0.25, 0.3) is 0 Å². The molecule has 0 aromatic heterocycles. The van der Waals surface area contributed by atoms with Crippen LogP contribution in [0.2, 0.25) is 0 Å². The number of aliphatic hydroxyl groups is 4. The normalized spacial score (nSPS) is 17.0. The highest BCUT2D eigenvalue weighted by atomic mass is 16.5. The van der Waals surface area contributed by atoms with Gasteiger partial charge in [0, 0.05) is 0 Å². The minimum atomic E-state index is -2.50. The zero-order chi connectivity index (χ0) is 11.5. The molecule has 0 amide bonds. The fourth-order valence-corrected chi connectivity index (χ4v) is 0.652. The summed E-state index contributed by atoms with van der Waals surface area (Å²) in [5.74, 6) is -4.22. The SMILES string of the molecule is O=C([O-])[C@H](O)[C@@H](O)[C@@H](O)[13C@H](O)C(=O)[O-].[NH4+].[NH4+]. The minimum absolute atomic E-state index is 0. The number of carbonyl (C=O) groups excluding carboxylic acids is 2. The molecule has 98 valence electrons. The second kappa shape index (κ2) is 7.92. The zero-order valence-electron chi connectivity index (χ0n) is 8.73. The van der Waals surface area contributed by atoms with E-state index in [9.17, 15) is 19.8 Å². The molecular formula is C6H16N2O8. The standard InChI is InChI=1S/C6H10O8.2H3N/c7-1(3(9)5(11)12)2(8)4(10)6(13)14;;/h1-4,7-10H,(H,11,12)(H,13,14);2*1H3/t1-,2+,3+,4-;;/i3+1;;/m1../s1. The van der Waals surface area contributed by atoms with Gasteiger partial charge in [-0.1, -0.05) is 0 Å². The van der Waals surface area contributed by atoms with E-state index in [1.165, 1.54) is 0 Å². The first-order valence-electron chi connectivity index (χ1n) is 3.43. The van der Waals surface area contributed by atoms with Crippen molar-refractivity contribution >= 4 is 11.9 Å². The average molecular weight is 245 g/mol. The van der Waals surface area contributed by atoms with Crippen molar-refractivity contribution in [1.29, 1.82) is 0 Å². The lowest BCUT2D eigenvalue weighted by molar-refractivity contribution is -0.327. The summed E-state index contributed by atoms with van der Waals surface area (Å²) in [5.41, 5.74) is 0. The average Bonchev–Trinajstić information content (AvgIpc) is 2.12. The fraction of sp³-hybridized carbons (Fsp3) is 0.667. The lowest BCUT2D eigenvalue weighted by Gasteiger charge is -2.27. The van der Waals surface area contributed by atoms with Crippen molar-refractivity contribution in [3.63, 3.8) is 0 Å². The van der Waals surface area contributed by atoms with Gasteiger partial charge >= 0.3 is 0 Å². The first kappa shape index (κ1) is 20.2. The Kier molecular flexibility index (Phi) is 9.98. The van der Waals surface area contributed by atoms with E-state index in [1.54, 1.807) is 0 Å². The van der Waals surface area contributed by atoms with Crippen molar-refractivity contribution in [3.05, 3.63) is 0 Å². The Morgan fingerprint density at radius 1 is 0.750 bits per heavy atom. The van der Waals surface area contributed by atoms with E-state index in [2.05, 4.69) is 0 Å². The van der Waals surface area contributed by atoms with Crippen LogP contribution >= 0.6 is 0 Å². The number of carboxylic acids is 2. The Bertz CT molecular complexity index is 211. The van der Waals surface area contributed by atoms with Crippen molar-refractivity contribution < 1.29 is 40.2 Å². The second-order valence-corrected chi connectivity index (χ2v) is 2.51. The Balaban J connectivity index is -0.000000845. The van der Waals surface area contributed by atoms with Crippen LogP contribution in [0, 0.1) is 0 Å². The van der Waals surface area contributed by atoms with E-state index in [-0.39, 0.29) is 12.3 Å². The van der Waals surface area contributed by atoms with Gasteiger partial charge in [0.15, 0.2) is 0 Å². The lowest BCUT2D eigenvalue weighted by Crippen LogP contribution is -2.55. The molecule has 0 unspecified atom stereocenters. The summed E-state index contributed by atoms with van der Waals surface area (Å²) in [6, 6.07) is 0. The minimum Gasteiger partial charge on any atom is -0.547 e. The summed E-state index contributed by atoms with van der Waals surface area (Å²) in [6.07, 6.45) is -9.76.